The van der Waals surface area contributed by atoms with Crippen LogP contribution in [0.25, 0.3) is 0 Å². The fourth-order valence-electron chi connectivity index (χ4n) is 1.24. The van der Waals surface area contributed by atoms with Crippen LogP contribution in [0.4, 0.5) is 0 Å². The molecule has 132 valence electrons. The monoisotopic (exact) mass is 328 g/mol. The summed E-state index contributed by atoms with van der Waals surface area (Å²) in [7, 11) is 0. The van der Waals surface area contributed by atoms with Crippen molar-refractivity contribution < 1.29 is 50.3 Å². The van der Waals surface area contributed by atoms with E-state index in [1.807, 2.05) is 0 Å². The average molecular weight is 328 g/mol. The third-order valence-corrected chi connectivity index (χ3v) is 2.50. The van der Waals surface area contributed by atoms with Gasteiger partial charge < -0.3 is 35.7 Å². The first-order valence-corrected chi connectivity index (χ1v) is 6.49. The molecule has 0 amide bonds. The first-order valence-electron chi connectivity index (χ1n) is 6.49. The fraction of sp³-hybridized carbons (Fsp3) is 0.917. The maximum Gasteiger partial charge on any atom is 0.218 e. The zero-order valence-electron chi connectivity index (χ0n) is 12.5. The van der Waals surface area contributed by atoms with Crippen molar-refractivity contribution in [2.24, 2.45) is 0 Å². The standard InChI is InChI=1S/C12H24O10/c1-12(2,3)22-21-11(20)10(19)9(18)8(17)7(16)6(15)5(14)4-13/h5-7,9-11,13-16,18-20H,4H2,1-3H3. The van der Waals surface area contributed by atoms with Crippen molar-refractivity contribution >= 4 is 5.78 Å². The van der Waals surface area contributed by atoms with Gasteiger partial charge in [0.1, 0.15) is 30.5 Å². The quantitative estimate of drug-likeness (QED) is 0.127. The molecule has 0 aliphatic carbocycles. The van der Waals surface area contributed by atoms with Crippen LogP contribution in [0.2, 0.25) is 0 Å². The predicted octanol–water partition coefficient (Wildman–Crippen LogP) is -3.58. The van der Waals surface area contributed by atoms with Crippen molar-refractivity contribution in [2.45, 2.75) is 63.2 Å². The molecule has 6 atom stereocenters. The molecule has 0 aliphatic heterocycles. The minimum atomic E-state index is -2.32. The number of aliphatic hydroxyl groups is 7. The zero-order valence-corrected chi connectivity index (χ0v) is 12.5. The molecule has 0 saturated heterocycles. The van der Waals surface area contributed by atoms with E-state index < -0.39 is 54.8 Å². The summed E-state index contributed by atoms with van der Waals surface area (Å²) in [4.78, 5) is 20.7. The van der Waals surface area contributed by atoms with E-state index in [1.165, 1.54) is 0 Å². The first-order chi connectivity index (χ1) is 9.92. The maximum atomic E-state index is 11.6. The third kappa shape index (κ3) is 6.60. The van der Waals surface area contributed by atoms with E-state index >= 15 is 0 Å². The number of Topliss-reactive ketones (excluding diaryl/α,β-unsaturated/α-hetero) is 1. The van der Waals surface area contributed by atoms with Gasteiger partial charge in [0.2, 0.25) is 6.29 Å². The Kier molecular flexibility index (Phi) is 8.54. The molecule has 0 spiro atoms. The fourth-order valence-corrected chi connectivity index (χ4v) is 1.24. The summed E-state index contributed by atoms with van der Waals surface area (Å²) < 4.78 is 0. The normalized spacial score (nSPS) is 20.8. The predicted molar refractivity (Wildman–Crippen MR) is 70.1 cm³/mol. The lowest BCUT2D eigenvalue weighted by Gasteiger charge is -2.27. The molecule has 22 heavy (non-hydrogen) atoms. The number of hydrogen-bond acceptors (Lipinski definition) is 10. The van der Waals surface area contributed by atoms with Crippen LogP contribution in [0.3, 0.4) is 0 Å². The van der Waals surface area contributed by atoms with E-state index in [0.29, 0.717) is 0 Å². The SMILES string of the molecule is CC(C)(C)OOC(O)C(O)C(O)C(=O)C(O)C(O)C(O)CO. The number of carbonyl (C=O) groups is 1. The molecule has 10 nitrogen and oxygen atoms in total. The number of carbonyl (C=O) groups excluding carboxylic acids is 1. The average Bonchev–Trinajstić information content (AvgIpc) is 2.46. The van der Waals surface area contributed by atoms with Gasteiger partial charge in [-0.15, -0.1) is 0 Å². The Morgan fingerprint density at radius 1 is 0.955 bits per heavy atom. The van der Waals surface area contributed by atoms with Gasteiger partial charge in [-0.3, -0.25) is 4.79 Å². The van der Waals surface area contributed by atoms with Gasteiger partial charge >= 0.3 is 0 Å². The molecule has 0 saturated carbocycles. The number of rotatable bonds is 9. The van der Waals surface area contributed by atoms with Gasteiger partial charge in [0.05, 0.1) is 12.2 Å². The van der Waals surface area contributed by atoms with Crippen LogP contribution in [0.5, 0.6) is 0 Å². The van der Waals surface area contributed by atoms with Gasteiger partial charge in [0, 0.05) is 0 Å². The molecule has 0 radical (unpaired) electrons. The topological polar surface area (TPSA) is 177 Å². The minimum Gasteiger partial charge on any atom is -0.394 e. The molecule has 0 aromatic rings. The smallest absolute Gasteiger partial charge is 0.218 e. The molecule has 7 N–H and O–H groups in total. The molecule has 0 heterocycles. The summed E-state index contributed by atoms with van der Waals surface area (Å²) in [6.45, 7) is 3.79. The molecule has 0 aromatic carbocycles. The highest BCUT2D eigenvalue weighted by atomic mass is 17.2. The maximum absolute atomic E-state index is 11.6. The van der Waals surface area contributed by atoms with Crippen molar-refractivity contribution in [3.05, 3.63) is 0 Å². The van der Waals surface area contributed by atoms with E-state index in [1.54, 1.807) is 20.8 Å². The summed E-state index contributed by atoms with van der Waals surface area (Å²) in [6, 6.07) is 0. The van der Waals surface area contributed by atoms with Crippen molar-refractivity contribution in [3.8, 4) is 0 Å². The van der Waals surface area contributed by atoms with Gasteiger partial charge in [-0.25, -0.2) is 9.78 Å². The Bertz CT molecular complexity index is 341. The van der Waals surface area contributed by atoms with E-state index in [-0.39, 0.29) is 0 Å². The number of hydrogen-bond donors (Lipinski definition) is 7. The first kappa shape index (κ1) is 21.3. The van der Waals surface area contributed by atoms with Gasteiger partial charge in [-0.05, 0) is 20.8 Å². The molecule has 0 bridgehead atoms. The van der Waals surface area contributed by atoms with Crippen LogP contribution >= 0.6 is 0 Å². The largest absolute Gasteiger partial charge is 0.394 e. The second-order valence-corrected chi connectivity index (χ2v) is 5.71. The van der Waals surface area contributed by atoms with Crippen LogP contribution in [0.1, 0.15) is 20.8 Å². The van der Waals surface area contributed by atoms with Crippen LogP contribution in [0.15, 0.2) is 0 Å². The van der Waals surface area contributed by atoms with Crippen LogP contribution in [-0.2, 0) is 14.6 Å². The van der Waals surface area contributed by atoms with E-state index in [4.69, 9.17) is 10.2 Å². The van der Waals surface area contributed by atoms with Crippen LogP contribution in [0, 0.1) is 0 Å². The van der Waals surface area contributed by atoms with Gasteiger partial charge in [-0.2, -0.15) is 0 Å². The minimum absolute atomic E-state index is 0.837. The van der Waals surface area contributed by atoms with Gasteiger partial charge in [-0.1, -0.05) is 0 Å². The van der Waals surface area contributed by atoms with Crippen molar-refractivity contribution in [1.82, 2.24) is 0 Å². The third-order valence-electron chi connectivity index (χ3n) is 2.50. The highest BCUT2D eigenvalue weighted by molar-refractivity contribution is 5.88. The van der Waals surface area contributed by atoms with E-state index in [2.05, 4.69) is 9.78 Å². The van der Waals surface area contributed by atoms with Gasteiger partial charge in [0.25, 0.3) is 0 Å². The van der Waals surface area contributed by atoms with Crippen LogP contribution in [-0.4, -0.2) is 90.5 Å². The zero-order chi connectivity index (χ0) is 17.7. The molecule has 0 rings (SSSR count). The molecule has 10 heteroatoms. The molecule has 0 aromatic heterocycles. The van der Waals surface area contributed by atoms with Crippen molar-refractivity contribution in [2.75, 3.05) is 6.61 Å². The summed E-state index contributed by atoms with van der Waals surface area (Å²) in [5.41, 5.74) is -0.837. The highest BCUT2D eigenvalue weighted by Gasteiger charge is 2.39. The van der Waals surface area contributed by atoms with Crippen molar-refractivity contribution in [3.63, 3.8) is 0 Å². The summed E-state index contributed by atoms with van der Waals surface area (Å²) in [6.07, 6.45) is -12.8. The Hall–Kier alpha value is -0.690. The Morgan fingerprint density at radius 3 is 1.82 bits per heavy atom. The summed E-state index contributed by atoms with van der Waals surface area (Å²) >= 11 is 0. The number of aliphatic hydroxyl groups excluding tert-OH is 7. The molecule has 0 fully saturated rings. The molecular formula is C12H24O10. The highest BCUT2D eigenvalue weighted by Crippen LogP contribution is 2.13. The van der Waals surface area contributed by atoms with Gasteiger partial charge in [0.15, 0.2) is 5.78 Å². The Balaban J connectivity index is 4.66. The van der Waals surface area contributed by atoms with Crippen LogP contribution < -0.4 is 0 Å². The lowest BCUT2D eigenvalue weighted by atomic mass is 9.98. The lowest BCUT2D eigenvalue weighted by molar-refractivity contribution is -0.424. The molecular weight excluding hydrogens is 304 g/mol. The second-order valence-electron chi connectivity index (χ2n) is 5.71. The summed E-state index contributed by atoms with van der Waals surface area (Å²) in [5, 5.41) is 65.0. The van der Waals surface area contributed by atoms with Crippen molar-refractivity contribution in [1.29, 1.82) is 0 Å². The molecule has 6 unspecified atom stereocenters. The molecule has 0 aliphatic rings. The second kappa shape index (κ2) is 8.82. The Labute approximate surface area is 127 Å². The lowest BCUT2D eigenvalue weighted by Crippen LogP contribution is -2.52. The number of ketones is 1. The van der Waals surface area contributed by atoms with E-state index in [9.17, 15) is 30.3 Å². The van der Waals surface area contributed by atoms with E-state index in [0.717, 1.165) is 0 Å². The summed E-state index contributed by atoms with van der Waals surface area (Å²) in [5.74, 6) is -1.48. The Morgan fingerprint density at radius 2 is 1.41 bits per heavy atom.